The average Bonchev–Trinajstić information content (AvgIpc) is 2.28. The van der Waals surface area contributed by atoms with E-state index in [4.69, 9.17) is 5.11 Å². The number of sulfonamides is 1. The summed E-state index contributed by atoms with van der Waals surface area (Å²) in [5, 5.41) is 8.85. The molecule has 0 aliphatic heterocycles. The van der Waals surface area contributed by atoms with Crippen molar-refractivity contribution in [1.82, 2.24) is 4.31 Å². The molecule has 0 atom stereocenters. The highest BCUT2D eigenvalue weighted by molar-refractivity contribution is 7.89. The number of benzene rings is 1. The number of hydrogen-bond donors (Lipinski definition) is 1. The van der Waals surface area contributed by atoms with E-state index in [0.29, 0.717) is 0 Å². The van der Waals surface area contributed by atoms with Crippen molar-refractivity contribution < 1.29 is 22.3 Å². The standard InChI is InChI=1S/C11H15F2NO3S/c1-7(2)14(3)18(16,17)10-5-4-9(12)8(6-15)11(10)13/h4-5,7,15H,6H2,1-3H3. The van der Waals surface area contributed by atoms with E-state index in [1.165, 1.54) is 7.05 Å². The van der Waals surface area contributed by atoms with Gasteiger partial charge >= 0.3 is 0 Å². The Kier molecular flexibility index (Phi) is 4.41. The van der Waals surface area contributed by atoms with Crippen LogP contribution in [0.2, 0.25) is 0 Å². The molecule has 7 heteroatoms. The summed E-state index contributed by atoms with van der Waals surface area (Å²) in [7, 11) is -2.73. The molecular weight excluding hydrogens is 264 g/mol. The third-order valence-electron chi connectivity index (χ3n) is 2.69. The highest BCUT2D eigenvalue weighted by atomic mass is 32.2. The molecule has 1 N–H and O–H groups in total. The quantitative estimate of drug-likeness (QED) is 0.908. The smallest absolute Gasteiger partial charge is 0.245 e. The summed E-state index contributed by atoms with van der Waals surface area (Å²) in [4.78, 5) is -0.635. The molecule has 1 aromatic carbocycles. The first kappa shape index (κ1) is 15.0. The van der Waals surface area contributed by atoms with Gasteiger partial charge in [0.1, 0.15) is 10.7 Å². The van der Waals surface area contributed by atoms with Crippen LogP contribution in [0.25, 0.3) is 0 Å². The topological polar surface area (TPSA) is 57.6 Å². The first-order valence-corrected chi connectivity index (χ1v) is 6.73. The van der Waals surface area contributed by atoms with Crippen molar-refractivity contribution >= 4 is 10.0 Å². The zero-order chi connectivity index (χ0) is 14.1. The Bertz CT molecular complexity index is 543. The van der Waals surface area contributed by atoms with E-state index in [0.717, 1.165) is 16.4 Å². The number of nitrogens with zero attached hydrogens (tertiary/aromatic N) is 1. The van der Waals surface area contributed by atoms with Gasteiger partial charge in [-0.1, -0.05) is 0 Å². The molecule has 0 heterocycles. The van der Waals surface area contributed by atoms with Gasteiger partial charge in [-0.25, -0.2) is 17.2 Å². The van der Waals surface area contributed by atoms with E-state index >= 15 is 0 Å². The van der Waals surface area contributed by atoms with Crippen molar-refractivity contribution in [2.24, 2.45) is 0 Å². The van der Waals surface area contributed by atoms with Gasteiger partial charge in [0.25, 0.3) is 0 Å². The Balaban J connectivity index is 3.44. The molecule has 0 amide bonds. The molecule has 0 aliphatic rings. The van der Waals surface area contributed by atoms with Crippen molar-refractivity contribution in [1.29, 1.82) is 0 Å². The SMILES string of the molecule is CC(C)N(C)S(=O)(=O)c1ccc(F)c(CO)c1F. The second kappa shape index (κ2) is 5.29. The first-order valence-electron chi connectivity index (χ1n) is 5.29. The Hall–Kier alpha value is -1.05. The van der Waals surface area contributed by atoms with Gasteiger partial charge in [-0.05, 0) is 26.0 Å². The van der Waals surface area contributed by atoms with Crippen LogP contribution in [0.3, 0.4) is 0 Å². The number of halogens is 2. The summed E-state index contributed by atoms with van der Waals surface area (Å²) >= 11 is 0. The maximum Gasteiger partial charge on any atom is 0.245 e. The monoisotopic (exact) mass is 279 g/mol. The van der Waals surface area contributed by atoms with Gasteiger partial charge in [-0.2, -0.15) is 4.31 Å². The third-order valence-corrected chi connectivity index (χ3v) is 4.74. The fourth-order valence-corrected chi connectivity index (χ4v) is 2.81. The lowest BCUT2D eigenvalue weighted by atomic mass is 10.2. The number of aliphatic hydroxyl groups is 1. The van der Waals surface area contributed by atoms with Gasteiger partial charge in [0, 0.05) is 13.1 Å². The molecule has 0 spiro atoms. The average molecular weight is 279 g/mol. The van der Waals surface area contributed by atoms with Crippen molar-refractivity contribution in [2.75, 3.05) is 7.05 Å². The maximum absolute atomic E-state index is 13.8. The van der Waals surface area contributed by atoms with Crippen LogP contribution in [0.1, 0.15) is 19.4 Å². The molecule has 0 radical (unpaired) electrons. The lowest BCUT2D eigenvalue weighted by Crippen LogP contribution is -2.33. The van der Waals surface area contributed by atoms with Gasteiger partial charge in [0.15, 0.2) is 5.82 Å². The van der Waals surface area contributed by atoms with Crippen molar-refractivity contribution in [3.63, 3.8) is 0 Å². The predicted octanol–water partition coefficient (Wildman–Crippen LogP) is 1.49. The largest absolute Gasteiger partial charge is 0.391 e. The molecule has 0 unspecified atom stereocenters. The van der Waals surface area contributed by atoms with E-state index in [2.05, 4.69) is 0 Å². The Labute approximate surface area is 105 Å². The van der Waals surface area contributed by atoms with Crippen LogP contribution in [0.15, 0.2) is 17.0 Å². The minimum Gasteiger partial charge on any atom is -0.391 e. The molecule has 1 rings (SSSR count). The zero-order valence-electron chi connectivity index (χ0n) is 10.3. The number of rotatable bonds is 4. The zero-order valence-corrected chi connectivity index (χ0v) is 11.1. The Morgan fingerprint density at radius 3 is 2.33 bits per heavy atom. The van der Waals surface area contributed by atoms with Crippen molar-refractivity contribution in [3.05, 3.63) is 29.3 Å². The Morgan fingerprint density at radius 1 is 1.33 bits per heavy atom. The summed E-state index contributed by atoms with van der Waals surface area (Å²) in [5.74, 6) is -2.22. The minimum absolute atomic E-state index is 0.364. The second-order valence-electron chi connectivity index (χ2n) is 4.11. The summed E-state index contributed by atoms with van der Waals surface area (Å²) in [6.07, 6.45) is 0. The van der Waals surface area contributed by atoms with Gasteiger partial charge in [0.05, 0.1) is 12.2 Å². The predicted molar refractivity (Wildman–Crippen MR) is 62.4 cm³/mol. The van der Waals surface area contributed by atoms with Crippen molar-refractivity contribution in [2.45, 2.75) is 31.4 Å². The first-order chi connectivity index (χ1) is 8.23. The van der Waals surface area contributed by atoms with Crippen LogP contribution >= 0.6 is 0 Å². The van der Waals surface area contributed by atoms with E-state index in [1.807, 2.05) is 0 Å². The third kappa shape index (κ3) is 2.52. The fraction of sp³-hybridized carbons (Fsp3) is 0.455. The maximum atomic E-state index is 13.8. The molecule has 0 aromatic heterocycles. The summed E-state index contributed by atoms with van der Waals surface area (Å²) in [6.45, 7) is 2.37. The van der Waals surface area contributed by atoms with Crippen LogP contribution in [0.5, 0.6) is 0 Å². The summed E-state index contributed by atoms with van der Waals surface area (Å²) in [6, 6.07) is 1.32. The van der Waals surface area contributed by atoms with Gasteiger partial charge in [-0.15, -0.1) is 0 Å². The second-order valence-corrected chi connectivity index (χ2v) is 6.08. The minimum atomic E-state index is -4.04. The number of hydrogen-bond acceptors (Lipinski definition) is 3. The normalized spacial score (nSPS) is 12.4. The molecule has 0 saturated heterocycles. The summed E-state index contributed by atoms with van der Waals surface area (Å²) < 4.78 is 52.1. The Morgan fingerprint density at radius 2 is 1.89 bits per heavy atom. The molecule has 0 saturated carbocycles. The van der Waals surface area contributed by atoms with Crippen LogP contribution < -0.4 is 0 Å². The number of aliphatic hydroxyl groups excluding tert-OH is 1. The molecular formula is C11H15F2NO3S. The molecule has 0 bridgehead atoms. The van der Waals surface area contributed by atoms with Gasteiger partial charge in [-0.3, -0.25) is 0 Å². The highest BCUT2D eigenvalue weighted by Crippen LogP contribution is 2.24. The molecule has 0 fully saturated rings. The van der Waals surface area contributed by atoms with Crippen LogP contribution in [0.4, 0.5) is 8.78 Å². The molecule has 18 heavy (non-hydrogen) atoms. The van der Waals surface area contributed by atoms with Crippen LogP contribution in [-0.2, 0) is 16.6 Å². The van der Waals surface area contributed by atoms with Crippen molar-refractivity contribution in [3.8, 4) is 0 Å². The molecule has 0 aliphatic carbocycles. The lowest BCUT2D eigenvalue weighted by molar-refractivity contribution is 0.267. The van der Waals surface area contributed by atoms with E-state index in [1.54, 1.807) is 13.8 Å². The molecule has 1 aromatic rings. The van der Waals surface area contributed by atoms with E-state index in [9.17, 15) is 17.2 Å². The molecule has 102 valence electrons. The van der Waals surface area contributed by atoms with Crippen LogP contribution in [0, 0.1) is 11.6 Å². The summed E-state index contributed by atoms with van der Waals surface area (Å²) in [5.41, 5.74) is -0.645. The molecule has 4 nitrogen and oxygen atoms in total. The highest BCUT2D eigenvalue weighted by Gasteiger charge is 2.28. The van der Waals surface area contributed by atoms with Gasteiger partial charge in [0.2, 0.25) is 10.0 Å². The van der Waals surface area contributed by atoms with Gasteiger partial charge < -0.3 is 5.11 Å². The van der Waals surface area contributed by atoms with E-state index < -0.39 is 38.7 Å². The van der Waals surface area contributed by atoms with E-state index in [-0.39, 0.29) is 6.04 Å². The van der Waals surface area contributed by atoms with Crippen LogP contribution in [-0.4, -0.2) is 30.9 Å². The fourth-order valence-electron chi connectivity index (χ4n) is 1.35. The lowest BCUT2D eigenvalue weighted by Gasteiger charge is -2.21.